The minimum absolute atomic E-state index is 0.265. The molecule has 0 aliphatic heterocycles. The fourth-order valence-corrected chi connectivity index (χ4v) is 4.15. The highest BCUT2D eigenvalue weighted by Gasteiger charge is 2.11. The van der Waals surface area contributed by atoms with Crippen molar-refractivity contribution in [2.75, 3.05) is 10.0 Å². The van der Waals surface area contributed by atoms with Crippen molar-refractivity contribution in [2.45, 2.75) is 25.3 Å². The van der Waals surface area contributed by atoms with Crippen molar-refractivity contribution in [3.63, 3.8) is 0 Å². The van der Waals surface area contributed by atoms with Crippen LogP contribution in [0.5, 0.6) is 0 Å². The molecular formula is C25H22ClFN4OS. The average Bonchev–Trinajstić information content (AvgIpc) is 3.11. The second-order valence-corrected chi connectivity index (χ2v) is 8.88. The molecule has 1 amide bonds. The molecule has 0 atom stereocenters. The minimum atomic E-state index is -0.383. The fourth-order valence-electron chi connectivity index (χ4n) is 3.31. The molecule has 4 aromatic rings. The Kier molecular flexibility index (Phi) is 7.01. The number of aryl methyl sites for hydroxylation is 2. The molecule has 1 heterocycles. The number of hydrogen-bond acceptors (Lipinski definition) is 4. The van der Waals surface area contributed by atoms with Gasteiger partial charge in [-0.3, -0.25) is 9.48 Å². The average molecular weight is 481 g/mol. The van der Waals surface area contributed by atoms with Crippen LogP contribution in [0.2, 0.25) is 5.02 Å². The number of anilines is 2. The number of carbonyl (C=O) groups excluding carboxylic acids is 1. The lowest BCUT2D eigenvalue weighted by Crippen LogP contribution is -2.13. The summed E-state index contributed by atoms with van der Waals surface area (Å²) < 4.78 is 19.3. The van der Waals surface area contributed by atoms with Gasteiger partial charge >= 0.3 is 0 Å². The van der Waals surface area contributed by atoms with E-state index in [1.165, 1.54) is 6.07 Å². The molecule has 33 heavy (non-hydrogen) atoms. The van der Waals surface area contributed by atoms with Crippen LogP contribution in [0, 0.1) is 19.7 Å². The molecule has 0 fully saturated rings. The molecule has 1 aromatic heterocycles. The second-order valence-electron chi connectivity index (χ2n) is 7.60. The molecule has 0 saturated carbocycles. The number of rotatable bonds is 7. The van der Waals surface area contributed by atoms with E-state index in [9.17, 15) is 9.18 Å². The number of carbonyl (C=O) groups is 1. The Morgan fingerprint density at radius 2 is 1.79 bits per heavy atom. The van der Waals surface area contributed by atoms with E-state index in [0.717, 1.165) is 34.6 Å². The molecule has 168 valence electrons. The lowest BCUT2D eigenvalue weighted by Gasteiger charge is -2.11. The summed E-state index contributed by atoms with van der Waals surface area (Å²) in [4.78, 5) is 13.2. The third-order valence-electron chi connectivity index (χ3n) is 4.94. The van der Waals surface area contributed by atoms with Crippen molar-refractivity contribution in [3.8, 4) is 0 Å². The van der Waals surface area contributed by atoms with Crippen molar-refractivity contribution in [1.82, 2.24) is 9.78 Å². The quantitative estimate of drug-likeness (QED) is 0.288. The Hall–Kier alpha value is -3.29. The van der Waals surface area contributed by atoms with Crippen LogP contribution in [0.1, 0.15) is 27.3 Å². The topological polar surface area (TPSA) is 59.0 Å². The first-order valence-electron chi connectivity index (χ1n) is 10.3. The van der Waals surface area contributed by atoms with Gasteiger partial charge in [0, 0.05) is 27.7 Å². The first-order valence-corrected chi connectivity index (χ1v) is 11.5. The normalized spacial score (nSPS) is 10.8. The number of nitrogens with one attached hydrogen (secondary N) is 2. The number of amides is 1. The molecule has 0 saturated heterocycles. The molecule has 4 rings (SSSR count). The summed E-state index contributed by atoms with van der Waals surface area (Å²) in [5.74, 6) is -0.648. The summed E-state index contributed by atoms with van der Waals surface area (Å²) in [5.41, 5.74) is 4.80. The Bertz CT molecular complexity index is 1290. The van der Waals surface area contributed by atoms with Crippen LogP contribution in [0.4, 0.5) is 15.8 Å². The van der Waals surface area contributed by atoms with E-state index in [1.807, 2.05) is 42.8 Å². The number of aromatic nitrogens is 2. The summed E-state index contributed by atoms with van der Waals surface area (Å²) >= 11 is 7.01. The van der Waals surface area contributed by atoms with E-state index < -0.39 is 0 Å². The van der Waals surface area contributed by atoms with Crippen molar-refractivity contribution in [1.29, 1.82) is 0 Å². The minimum Gasteiger partial charge on any atom is -0.326 e. The Labute approximate surface area is 201 Å². The van der Waals surface area contributed by atoms with Gasteiger partial charge in [0.1, 0.15) is 5.82 Å². The van der Waals surface area contributed by atoms with Crippen LogP contribution < -0.4 is 10.0 Å². The molecule has 3 aromatic carbocycles. The molecule has 0 spiro atoms. The van der Waals surface area contributed by atoms with Crippen molar-refractivity contribution < 1.29 is 9.18 Å². The molecule has 0 bridgehead atoms. The highest BCUT2D eigenvalue weighted by Crippen LogP contribution is 2.27. The van der Waals surface area contributed by atoms with Crippen LogP contribution in [0.15, 0.2) is 77.7 Å². The Morgan fingerprint density at radius 1 is 1.03 bits per heavy atom. The predicted molar refractivity (Wildman–Crippen MR) is 133 cm³/mol. The van der Waals surface area contributed by atoms with Gasteiger partial charge in [-0.25, -0.2) is 4.39 Å². The van der Waals surface area contributed by atoms with Crippen molar-refractivity contribution in [2.24, 2.45) is 0 Å². The highest BCUT2D eigenvalue weighted by atomic mass is 35.5. The van der Waals surface area contributed by atoms with Gasteiger partial charge in [-0.05, 0) is 92.0 Å². The SMILES string of the molecule is Cc1cc(C)n(Cc2cccc(C(=O)Nc3ccc(F)c(SNc4ccc(Cl)cc4)c3)c2)n1. The number of hydrogen-bond donors (Lipinski definition) is 2. The molecule has 0 unspecified atom stereocenters. The maximum absolute atomic E-state index is 14.3. The zero-order chi connectivity index (χ0) is 23.4. The van der Waals surface area contributed by atoms with Crippen molar-refractivity contribution in [3.05, 3.63) is 106 Å². The highest BCUT2D eigenvalue weighted by molar-refractivity contribution is 8.00. The zero-order valence-electron chi connectivity index (χ0n) is 18.1. The van der Waals surface area contributed by atoms with Crippen LogP contribution in [0.25, 0.3) is 0 Å². The molecule has 0 aliphatic carbocycles. The van der Waals surface area contributed by atoms with Gasteiger partial charge in [-0.2, -0.15) is 5.10 Å². The van der Waals surface area contributed by atoms with Crippen LogP contribution >= 0.6 is 23.5 Å². The molecule has 0 radical (unpaired) electrons. The maximum atomic E-state index is 14.3. The van der Waals surface area contributed by atoms with E-state index in [-0.39, 0.29) is 11.7 Å². The second kappa shape index (κ2) is 10.1. The standard InChI is InChI=1S/C25H22ClFN4OS/c1-16-12-17(2)31(29-16)15-18-4-3-5-19(13-18)25(32)28-22-10-11-23(27)24(14-22)33-30-21-8-6-20(26)7-9-21/h3-14,30H,15H2,1-2H3,(H,28,32). The van der Waals surface area contributed by atoms with Gasteiger partial charge in [-0.1, -0.05) is 23.7 Å². The lowest BCUT2D eigenvalue weighted by molar-refractivity contribution is 0.102. The van der Waals surface area contributed by atoms with E-state index >= 15 is 0 Å². The number of halogens is 2. The molecule has 0 aliphatic rings. The summed E-state index contributed by atoms with van der Waals surface area (Å²) in [5, 5.41) is 7.95. The van der Waals surface area contributed by atoms with Gasteiger partial charge in [-0.15, -0.1) is 0 Å². The summed E-state index contributed by atoms with van der Waals surface area (Å²) in [7, 11) is 0. The summed E-state index contributed by atoms with van der Waals surface area (Å²) in [6, 6.07) is 21.0. The first-order chi connectivity index (χ1) is 15.9. The van der Waals surface area contributed by atoms with E-state index in [4.69, 9.17) is 11.6 Å². The predicted octanol–water partition coefficient (Wildman–Crippen LogP) is 6.71. The third-order valence-corrected chi connectivity index (χ3v) is 6.06. The smallest absolute Gasteiger partial charge is 0.255 e. The van der Waals surface area contributed by atoms with Crippen LogP contribution in [-0.4, -0.2) is 15.7 Å². The van der Waals surface area contributed by atoms with Crippen LogP contribution in [-0.2, 0) is 6.54 Å². The summed E-state index contributed by atoms with van der Waals surface area (Å²) in [6.07, 6.45) is 0. The van der Waals surface area contributed by atoms with Crippen molar-refractivity contribution >= 4 is 40.8 Å². The van der Waals surface area contributed by atoms with Gasteiger partial charge in [0.05, 0.1) is 17.1 Å². The van der Waals surface area contributed by atoms with Gasteiger partial charge < -0.3 is 10.0 Å². The summed E-state index contributed by atoms with van der Waals surface area (Å²) in [6.45, 7) is 4.53. The van der Waals surface area contributed by atoms with E-state index in [1.54, 1.807) is 42.5 Å². The van der Waals surface area contributed by atoms with Crippen LogP contribution in [0.3, 0.4) is 0 Å². The maximum Gasteiger partial charge on any atom is 0.255 e. The van der Waals surface area contributed by atoms with Gasteiger partial charge in [0.2, 0.25) is 0 Å². The fraction of sp³-hybridized carbons (Fsp3) is 0.120. The Balaban J connectivity index is 1.44. The molecular weight excluding hydrogens is 459 g/mol. The van der Waals surface area contributed by atoms with Gasteiger partial charge in [0.15, 0.2) is 0 Å². The lowest BCUT2D eigenvalue weighted by atomic mass is 10.1. The monoisotopic (exact) mass is 480 g/mol. The molecule has 8 heteroatoms. The molecule has 5 nitrogen and oxygen atoms in total. The largest absolute Gasteiger partial charge is 0.326 e. The third kappa shape index (κ3) is 5.94. The zero-order valence-corrected chi connectivity index (χ0v) is 19.7. The number of benzene rings is 3. The van der Waals surface area contributed by atoms with E-state index in [2.05, 4.69) is 15.1 Å². The van der Waals surface area contributed by atoms with E-state index in [0.29, 0.717) is 27.7 Å². The Morgan fingerprint density at radius 3 is 2.52 bits per heavy atom. The van der Waals surface area contributed by atoms with Gasteiger partial charge in [0.25, 0.3) is 5.91 Å². The number of nitrogens with zero attached hydrogens (tertiary/aromatic N) is 2. The first kappa shape index (κ1) is 22.9. The molecule has 2 N–H and O–H groups in total.